The van der Waals surface area contributed by atoms with Gasteiger partial charge in [-0.05, 0) is 47.4 Å². The fourth-order valence-corrected chi connectivity index (χ4v) is 5.40. The first-order chi connectivity index (χ1) is 14.1. The lowest BCUT2D eigenvalue weighted by Crippen LogP contribution is -2.30. The number of benzene rings is 1. The number of rotatable bonds is 7. The van der Waals surface area contributed by atoms with Gasteiger partial charge in [-0.25, -0.2) is 0 Å². The Balaban J connectivity index is 1.65. The fraction of sp³-hybridized carbons (Fsp3) is 0.217. The lowest BCUT2D eigenvalue weighted by atomic mass is 9.96. The number of thiophene rings is 2. The molecule has 4 rings (SSSR count). The molecule has 3 heterocycles. The maximum Gasteiger partial charge on any atom is 0.290 e. The zero-order chi connectivity index (χ0) is 20.4. The van der Waals surface area contributed by atoms with Crippen LogP contribution in [0.3, 0.4) is 0 Å². The Morgan fingerprint density at radius 2 is 1.86 bits per heavy atom. The minimum atomic E-state index is -0.534. The summed E-state index contributed by atoms with van der Waals surface area (Å²) in [6.45, 7) is 2.35. The van der Waals surface area contributed by atoms with Gasteiger partial charge in [0, 0.05) is 16.2 Å². The second-order valence-corrected chi connectivity index (χ2v) is 9.03. The first-order valence-electron chi connectivity index (χ1n) is 9.44. The quantitative estimate of drug-likeness (QED) is 0.567. The van der Waals surface area contributed by atoms with Crippen molar-refractivity contribution >= 4 is 34.4 Å². The van der Waals surface area contributed by atoms with Crippen molar-refractivity contribution in [1.82, 2.24) is 4.90 Å². The third-order valence-electron chi connectivity index (χ3n) is 5.14. The largest absolute Gasteiger partial charge is 0.503 e. The molecule has 6 heteroatoms. The lowest BCUT2D eigenvalue weighted by Gasteiger charge is -2.26. The number of amides is 1. The molecule has 29 heavy (non-hydrogen) atoms. The van der Waals surface area contributed by atoms with E-state index >= 15 is 0 Å². The van der Waals surface area contributed by atoms with Crippen LogP contribution in [0.5, 0.6) is 0 Å². The average Bonchev–Trinajstić information content (AvgIpc) is 3.44. The van der Waals surface area contributed by atoms with Crippen molar-refractivity contribution in [3.63, 3.8) is 0 Å². The van der Waals surface area contributed by atoms with Gasteiger partial charge in [0.1, 0.15) is 0 Å². The van der Waals surface area contributed by atoms with E-state index in [9.17, 15) is 14.7 Å². The number of hydrogen-bond donors (Lipinski definition) is 1. The molecule has 3 aromatic rings. The van der Waals surface area contributed by atoms with Crippen LogP contribution in [-0.4, -0.2) is 21.7 Å². The molecular formula is C23H21NO3S2. The van der Waals surface area contributed by atoms with Crippen LogP contribution in [0.4, 0.5) is 0 Å². The molecule has 0 spiro atoms. The van der Waals surface area contributed by atoms with E-state index in [1.807, 2.05) is 66.2 Å². The summed E-state index contributed by atoms with van der Waals surface area (Å²) in [5.41, 5.74) is 2.31. The summed E-state index contributed by atoms with van der Waals surface area (Å²) in [4.78, 5) is 29.6. The summed E-state index contributed by atoms with van der Waals surface area (Å²) in [6, 6.07) is 15.1. The Bertz CT molecular complexity index is 1050. The summed E-state index contributed by atoms with van der Waals surface area (Å²) in [7, 11) is 0. The molecular weight excluding hydrogens is 402 g/mol. The molecule has 0 radical (unpaired) electrons. The topological polar surface area (TPSA) is 57.6 Å². The smallest absolute Gasteiger partial charge is 0.290 e. The number of nitrogens with zero attached hydrogens (tertiary/aromatic N) is 1. The minimum Gasteiger partial charge on any atom is -0.503 e. The van der Waals surface area contributed by atoms with Crippen LogP contribution in [0, 0.1) is 6.92 Å². The van der Waals surface area contributed by atoms with Crippen LogP contribution in [0.2, 0.25) is 0 Å². The molecule has 1 amide bonds. The molecule has 1 atom stereocenters. The summed E-state index contributed by atoms with van der Waals surface area (Å²) in [5, 5.41) is 14.6. The van der Waals surface area contributed by atoms with Gasteiger partial charge in [-0.3, -0.25) is 9.59 Å². The van der Waals surface area contributed by atoms with Crippen molar-refractivity contribution in [1.29, 1.82) is 0 Å². The Labute approximate surface area is 177 Å². The number of Topliss-reactive ketones (excluding diaryl/α,β-unsaturated/α-hetero) is 1. The Kier molecular flexibility index (Phi) is 5.65. The van der Waals surface area contributed by atoms with Gasteiger partial charge in [-0.2, -0.15) is 0 Å². The first kappa shape index (κ1) is 19.6. The SMILES string of the molecule is Cc1ccsc1C1C(C(=O)CCc2ccccc2)=C(O)C(=O)N1Cc1cccs1. The summed E-state index contributed by atoms with van der Waals surface area (Å²) >= 11 is 3.07. The second kappa shape index (κ2) is 8.35. The van der Waals surface area contributed by atoms with E-state index in [2.05, 4.69) is 0 Å². The Hall–Kier alpha value is -2.70. The highest BCUT2D eigenvalue weighted by Gasteiger charge is 2.44. The fourth-order valence-electron chi connectivity index (χ4n) is 3.65. The van der Waals surface area contributed by atoms with E-state index in [0.717, 1.165) is 20.9 Å². The molecule has 2 aromatic heterocycles. The highest BCUT2D eigenvalue weighted by molar-refractivity contribution is 7.10. The maximum absolute atomic E-state index is 13.1. The van der Waals surface area contributed by atoms with Gasteiger partial charge >= 0.3 is 0 Å². The van der Waals surface area contributed by atoms with Crippen molar-refractivity contribution < 1.29 is 14.7 Å². The molecule has 0 aliphatic carbocycles. The Morgan fingerprint density at radius 1 is 1.07 bits per heavy atom. The molecule has 1 unspecified atom stereocenters. The maximum atomic E-state index is 13.1. The molecule has 1 N–H and O–H groups in total. The lowest BCUT2D eigenvalue weighted by molar-refractivity contribution is -0.129. The van der Waals surface area contributed by atoms with Crippen LogP contribution in [0.25, 0.3) is 0 Å². The van der Waals surface area contributed by atoms with E-state index in [0.29, 0.717) is 13.0 Å². The first-order valence-corrected chi connectivity index (χ1v) is 11.2. The van der Waals surface area contributed by atoms with Gasteiger partial charge in [-0.15, -0.1) is 22.7 Å². The number of hydrogen-bond acceptors (Lipinski definition) is 5. The number of carbonyl (C=O) groups excluding carboxylic acids is 2. The summed E-state index contributed by atoms with van der Waals surface area (Å²) in [5.74, 6) is -1.05. The van der Waals surface area contributed by atoms with E-state index in [1.165, 1.54) is 11.3 Å². The molecule has 0 saturated carbocycles. The Morgan fingerprint density at radius 3 is 2.52 bits per heavy atom. The standard InChI is InChI=1S/C23H21NO3S2/c1-15-11-13-29-22(15)20-19(18(25)10-9-16-6-3-2-4-7-16)21(26)23(27)24(20)14-17-8-5-12-28-17/h2-8,11-13,20,26H,9-10,14H2,1H3. The van der Waals surface area contributed by atoms with Crippen molar-refractivity contribution in [2.24, 2.45) is 0 Å². The molecule has 0 bridgehead atoms. The molecule has 0 saturated heterocycles. The third kappa shape index (κ3) is 3.91. The highest BCUT2D eigenvalue weighted by atomic mass is 32.1. The van der Waals surface area contributed by atoms with Gasteiger partial charge < -0.3 is 10.0 Å². The number of carbonyl (C=O) groups is 2. The van der Waals surface area contributed by atoms with Crippen molar-refractivity contribution in [2.45, 2.75) is 32.4 Å². The van der Waals surface area contributed by atoms with Gasteiger partial charge in [-0.1, -0.05) is 36.4 Å². The normalized spacial score (nSPS) is 16.7. The van der Waals surface area contributed by atoms with E-state index in [1.54, 1.807) is 16.2 Å². The van der Waals surface area contributed by atoms with Crippen molar-refractivity contribution in [3.8, 4) is 0 Å². The van der Waals surface area contributed by atoms with Gasteiger partial charge in [0.05, 0.1) is 18.2 Å². The predicted octanol–water partition coefficient (Wildman–Crippen LogP) is 5.22. The molecule has 1 aliphatic heterocycles. The molecule has 0 fully saturated rings. The third-order valence-corrected chi connectivity index (χ3v) is 7.08. The van der Waals surface area contributed by atoms with Gasteiger partial charge in [0.15, 0.2) is 11.5 Å². The molecule has 148 valence electrons. The van der Waals surface area contributed by atoms with Crippen LogP contribution in [0.15, 0.2) is 70.6 Å². The highest BCUT2D eigenvalue weighted by Crippen LogP contribution is 2.42. The van der Waals surface area contributed by atoms with Crippen molar-refractivity contribution in [3.05, 3.63) is 91.5 Å². The zero-order valence-electron chi connectivity index (χ0n) is 16.0. The minimum absolute atomic E-state index is 0.175. The van der Waals surface area contributed by atoms with Gasteiger partial charge in [0.2, 0.25) is 0 Å². The zero-order valence-corrected chi connectivity index (χ0v) is 17.6. The molecule has 4 nitrogen and oxygen atoms in total. The number of aliphatic hydroxyl groups is 1. The number of ketones is 1. The monoisotopic (exact) mass is 423 g/mol. The summed E-state index contributed by atoms with van der Waals surface area (Å²) < 4.78 is 0. The molecule has 1 aliphatic rings. The van der Waals surface area contributed by atoms with E-state index in [-0.39, 0.29) is 17.8 Å². The van der Waals surface area contributed by atoms with Crippen LogP contribution in [-0.2, 0) is 22.6 Å². The van der Waals surface area contributed by atoms with Crippen LogP contribution >= 0.6 is 22.7 Å². The van der Waals surface area contributed by atoms with E-state index < -0.39 is 17.7 Å². The van der Waals surface area contributed by atoms with Crippen molar-refractivity contribution in [2.75, 3.05) is 0 Å². The van der Waals surface area contributed by atoms with Crippen LogP contribution < -0.4 is 0 Å². The average molecular weight is 424 g/mol. The number of aliphatic hydroxyl groups excluding tert-OH is 1. The van der Waals surface area contributed by atoms with Crippen LogP contribution in [0.1, 0.15) is 33.3 Å². The predicted molar refractivity (Wildman–Crippen MR) is 116 cm³/mol. The second-order valence-electron chi connectivity index (χ2n) is 7.05. The summed E-state index contributed by atoms with van der Waals surface area (Å²) in [6.07, 6.45) is 0.830. The number of aryl methyl sites for hydroxylation is 2. The van der Waals surface area contributed by atoms with E-state index in [4.69, 9.17) is 0 Å². The molecule has 1 aromatic carbocycles. The van der Waals surface area contributed by atoms with Gasteiger partial charge in [0.25, 0.3) is 5.91 Å².